The molecule has 2 aliphatic rings. The van der Waals surface area contributed by atoms with Crippen LogP contribution in [0.3, 0.4) is 0 Å². The largest absolute Gasteiger partial charge is 0.514 e. The summed E-state index contributed by atoms with van der Waals surface area (Å²) in [6.45, 7) is 7.34. The molecule has 0 unspecified atom stereocenters. The first-order valence-electron chi connectivity index (χ1n) is 7.60. The molecule has 1 saturated carbocycles. The number of hydrogen-bond donors (Lipinski definition) is 0. The summed E-state index contributed by atoms with van der Waals surface area (Å²) in [6, 6.07) is 2.77. The lowest BCUT2D eigenvalue weighted by molar-refractivity contribution is -0.142. The molecule has 2 heterocycles. The summed E-state index contributed by atoms with van der Waals surface area (Å²) in [5.74, 6) is -0.236. The summed E-state index contributed by atoms with van der Waals surface area (Å²) < 4.78 is 56.6. The summed E-state index contributed by atoms with van der Waals surface area (Å²) in [4.78, 5) is 3.74. The molecule has 126 valence electrons. The highest BCUT2D eigenvalue weighted by atomic mass is 19.4. The lowest BCUT2D eigenvalue weighted by atomic mass is 9.84. The molecule has 0 aromatic carbocycles. The molecule has 0 radical (unpaired) electrons. The zero-order chi connectivity index (χ0) is 17.0. The first kappa shape index (κ1) is 16.6. The summed E-state index contributed by atoms with van der Waals surface area (Å²) in [5, 5.41) is 0. The number of nitrogens with zero attached hydrogens (tertiary/aromatic N) is 1. The van der Waals surface area contributed by atoms with Crippen LogP contribution in [0.15, 0.2) is 12.1 Å². The first-order chi connectivity index (χ1) is 10.5. The zero-order valence-corrected chi connectivity index (χ0v) is 13.5. The van der Waals surface area contributed by atoms with Gasteiger partial charge in [0, 0.05) is 0 Å². The van der Waals surface area contributed by atoms with Crippen molar-refractivity contribution in [1.29, 1.82) is 0 Å². The molecule has 1 aromatic heterocycles. The van der Waals surface area contributed by atoms with Gasteiger partial charge in [-0.3, -0.25) is 0 Å². The monoisotopic (exact) mass is 329 g/mol. The molecule has 8 heteroatoms. The average Bonchev–Trinajstić information content (AvgIpc) is 3.16. The van der Waals surface area contributed by atoms with E-state index in [1.807, 2.05) is 27.7 Å². The predicted octanol–water partition coefficient (Wildman–Crippen LogP) is 2.94. The van der Waals surface area contributed by atoms with Gasteiger partial charge < -0.3 is 14.0 Å². The van der Waals surface area contributed by atoms with Gasteiger partial charge in [0.05, 0.1) is 22.9 Å². The van der Waals surface area contributed by atoms with Crippen LogP contribution in [0.5, 0.6) is 5.75 Å². The number of hydrogen-bond acceptors (Lipinski definition) is 4. The average molecular weight is 329 g/mol. The molecule has 1 aliphatic heterocycles. The fourth-order valence-corrected chi connectivity index (χ4v) is 2.22. The third-order valence-corrected chi connectivity index (χ3v) is 4.46. The molecule has 1 aromatic rings. The van der Waals surface area contributed by atoms with Gasteiger partial charge in [0.1, 0.15) is 0 Å². The topological polar surface area (TPSA) is 40.6 Å². The van der Waals surface area contributed by atoms with Gasteiger partial charge in [-0.25, -0.2) is 4.98 Å². The Kier molecular flexibility index (Phi) is 3.68. The number of ether oxygens (including phenoxy) is 1. The second-order valence-electron chi connectivity index (χ2n) is 6.99. The van der Waals surface area contributed by atoms with Crippen molar-refractivity contribution in [2.45, 2.75) is 64.0 Å². The minimum atomic E-state index is -4.59. The summed E-state index contributed by atoms with van der Waals surface area (Å²) in [6.07, 6.45) is -3.18. The van der Waals surface area contributed by atoms with Crippen LogP contribution in [0.25, 0.3) is 0 Å². The van der Waals surface area contributed by atoms with Gasteiger partial charge in [0.25, 0.3) is 0 Å². The van der Waals surface area contributed by atoms with Crippen LogP contribution in [0, 0.1) is 0 Å². The molecule has 3 rings (SSSR count). The van der Waals surface area contributed by atoms with Gasteiger partial charge in [-0.1, -0.05) is 0 Å². The second kappa shape index (κ2) is 5.11. The fourth-order valence-electron chi connectivity index (χ4n) is 2.22. The van der Waals surface area contributed by atoms with Gasteiger partial charge >= 0.3 is 13.3 Å². The van der Waals surface area contributed by atoms with E-state index in [0.29, 0.717) is 0 Å². The summed E-state index contributed by atoms with van der Waals surface area (Å²) in [5.41, 5.74) is -2.21. The molecule has 0 spiro atoms. The van der Waals surface area contributed by atoms with Crippen LogP contribution in [0.2, 0.25) is 0 Å². The Morgan fingerprint density at radius 2 is 1.70 bits per heavy atom. The van der Waals surface area contributed by atoms with Crippen LogP contribution in [-0.4, -0.2) is 29.4 Å². The van der Waals surface area contributed by atoms with Crippen molar-refractivity contribution < 1.29 is 27.2 Å². The maximum atomic E-state index is 13.3. The second-order valence-corrected chi connectivity index (χ2v) is 6.99. The summed E-state index contributed by atoms with van der Waals surface area (Å²) in [7, 11) is -0.934. The van der Waals surface area contributed by atoms with Crippen molar-refractivity contribution in [2.75, 3.05) is 0 Å². The highest BCUT2D eigenvalue weighted by molar-refractivity contribution is 6.61. The highest BCUT2D eigenvalue weighted by Gasteiger charge is 2.53. The van der Waals surface area contributed by atoms with Crippen molar-refractivity contribution >= 4 is 12.7 Å². The van der Waals surface area contributed by atoms with Gasteiger partial charge in [-0.05, 0) is 52.7 Å². The Morgan fingerprint density at radius 1 is 1.13 bits per heavy atom. The molecule has 4 nitrogen and oxygen atoms in total. The van der Waals surface area contributed by atoms with Crippen molar-refractivity contribution in [1.82, 2.24) is 4.98 Å². The normalized spacial score (nSPS) is 23.2. The van der Waals surface area contributed by atoms with Gasteiger partial charge in [-0.2, -0.15) is 13.2 Å². The lowest BCUT2D eigenvalue weighted by Crippen LogP contribution is -2.41. The first-order valence-corrected chi connectivity index (χ1v) is 7.60. The van der Waals surface area contributed by atoms with Crippen molar-refractivity contribution in [3.63, 3.8) is 0 Å². The molecule has 0 N–H and O–H groups in total. The Labute approximate surface area is 133 Å². The number of pyridine rings is 1. The zero-order valence-electron chi connectivity index (χ0n) is 13.5. The molecule has 23 heavy (non-hydrogen) atoms. The van der Waals surface area contributed by atoms with E-state index in [1.165, 1.54) is 12.1 Å². The minimum absolute atomic E-state index is 0.0964. The minimum Gasteiger partial charge on any atom is -0.488 e. The van der Waals surface area contributed by atoms with Crippen LogP contribution >= 0.6 is 0 Å². The van der Waals surface area contributed by atoms with Gasteiger partial charge in [-0.15, -0.1) is 0 Å². The fraction of sp³-hybridized carbons (Fsp3) is 0.667. The van der Waals surface area contributed by atoms with Crippen LogP contribution < -0.4 is 10.3 Å². The molecule has 0 atom stereocenters. The molecule has 1 saturated heterocycles. The van der Waals surface area contributed by atoms with E-state index in [4.69, 9.17) is 14.0 Å². The standard InChI is InChI=1S/C15H19BF3NO3/c1-13(2)14(3,4)23-16(22-13)11-8-7-10(21-9-5-6-9)12(20-11)15(17,18)19/h7-9H,5-6H2,1-4H3. The summed E-state index contributed by atoms with van der Waals surface area (Å²) >= 11 is 0. The molecule has 0 bridgehead atoms. The van der Waals surface area contributed by atoms with Crippen molar-refractivity contribution in [3.05, 3.63) is 17.8 Å². The third kappa shape index (κ3) is 3.19. The lowest BCUT2D eigenvalue weighted by Gasteiger charge is -2.32. The Morgan fingerprint density at radius 3 is 2.17 bits per heavy atom. The third-order valence-electron chi connectivity index (χ3n) is 4.46. The van der Waals surface area contributed by atoms with Crippen LogP contribution in [0.1, 0.15) is 46.2 Å². The Hall–Kier alpha value is -1.28. The molecule has 0 amide bonds. The molecular weight excluding hydrogens is 310 g/mol. The number of rotatable bonds is 3. The van der Waals surface area contributed by atoms with E-state index in [-0.39, 0.29) is 17.4 Å². The van der Waals surface area contributed by atoms with Gasteiger partial charge in [0.15, 0.2) is 11.4 Å². The Balaban J connectivity index is 1.92. The van der Waals surface area contributed by atoms with Crippen LogP contribution in [0.4, 0.5) is 13.2 Å². The van der Waals surface area contributed by atoms with E-state index in [9.17, 15) is 13.2 Å². The van der Waals surface area contributed by atoms with E-state index in [0.717, 1.165) is 12.8 Å². The predicted molar refractivity (Wildman–Crippen MR) is 78.6 cm³/mol. The van der Waals surface area contributed by atoms with E-state index in [2.05, 4.69) is 4.98 Å². The highest BCUT2D eigenvalue weighted by Crippen LogP contribution is 2.39. The Bertz CT molecular complexity index is 598. The number of alkyl halides is 3. The van der Waals surface area contributed by atoms with Crippen molar-refractivity contribution in [2.24, 2.45) is 0 Å². The smallest absolute Gasteiger partial charge is 0.488 e. The maximum absolute atomic E-state index is 13.3. The van der Waals surface area contributed by atoms with Crippen LogP contribution in [-0.2, 0) is 15.5 Å². The van der Waals surface area contributed by atoms with E-state index >= 15 is 0 Å². The van der Waals surface area contributed by atoms with E-state index < -0.39 is 30.2 Å². The SMILES string of the molecule is CC1(C)OB(c2ccc(OC3CC3)c(C(F)(F)F)n2)OC1(C)C. The van der Waals surface area contributed by atoms with Crippen molar-refractivity contribution in [3.8, 4) is 5.75 Å². The number of halogens is 3. The maximum Gasteiger partial charge on any atom is 0.514 e. The molecule has 1 aliphatic carbocycles. The molecular formula is C15H19BF3NO3. The number of aromatic nitrogens is 1. The van der Waals surface area contributed by atoms with E-state index in [1.54, 1.807) is 0 Å². The molecule has 2 fully saturated rings. The quantitative estimate of drug-likeness (QED) is 0.800. The van der Waals surface area contributed by atoms with Gasteiger partial charge in [0.2, 0.25) is 0 Å².